The van der Waals surface area contributed by atoms with Crippen LogP contribution in [0.15, 0.2) is 24.3 Å². The predicted octanol–water partition coefficient (Wildman–Crippen LogP) is 1.13. The average molecular weight is 306 g/mol. The SMILES string of the molecule is C[C@H](OC(=O)CNC(=O)c1ccc(C(C)(C)C)cc1)C(N)=O. The van der Waals surface area contributed by atoms with Crippen LogP contribution in [0.5, 0.6) is 0 Å². The van der Waals surface area contributed by atoms with E-state index in [-0.39, 0.29) is 17.9 Å². The molecule has 0 aliphatic carbocycles. The maximum Gasteiger partial charge on any atom is 0.326 e. The summed E-state index contributed by atoms with van der Waals surface area (Å²) < 4.78 is 4.73. The fourth-order valence-corrected chi connectivity index (χ4v) is 1.67. The van der Waals surface area contributed by atoms with Crippen LogP contribution in [0.1, 0.15) is 43.6 Å². The highest BCUT2D eigenvalue weighted by atomic mass is 16.5. The van der Waals surface area contributed by atoms with Gasteiger partial charge in [-0.15, -0.1) is 0 Å². The number of carbonyl (C=O) groups is 3. The molecule has 0 fully saturated rings. The van der Waals surface area contributed by atoms with E-state index in [9.17, 15) is 14.4 Å². The molecule has 1 aromatic carbocycles. The van der Waals surface area contributed by atoms with E-state index < -0.39 is 18.0 Å². The first-order valence-corrected chi connectivity index (χ1v) is 6.99. The highest BCUT2D eigenvalue weighted by Crippen LogP contribution is 2.22. The molecule has 0 heterocycles. The van der Waals surface area contributed by atoms with Crippen molar-refractivity contribution in [3.8, 4) is 0 Å². The zero-order valence-electron chi connectivity index (χ0n) is 13.3. The molecule has 1 atom stereocenters. The van der Waals surface area contributed by atoms with Crippen LogP contribution in [0.2, 0.25) is 0 Å². The number of nitrogens with two attached hydrogens (primary N) is 1. The lowest BCUT2D eigenvalue weighted by molar-refractivity contribution is -0.152. The van der Waals surface area contributed by atoms with Crippen molar-refractivity contribution in [2.45, 2.75) is 39.2 Å². The Kier molecular flexibility index (Phi) is 5.68. The Labute approximate surface area is 130 Å². The second-order valence-corrected chi connectivity index (χ2v) is 6.04. The number of esters is 1. The van der Waals surface area contributed by atoms with Crippen molar-refractivity contribution in [3.05, 3.63) is 35.4 Å². The van der Waals surface area contributed by atoms with E-state index in [0.29, 0.717) is 5.56 Å². The number of benzene rings is 1. The largest absolute Gasteiger partial charge is 0.451 e. The molecular weight excluding hydrogens is 284 g/mol. The van der Waals surface area contributed by atoms with Gasteiger partial charge in [-0.05, 0) is 30.0 Å². The molecule has 0 saturated heterocycles. The highest BCUT2D eigenvalue weighted by Gasteiger charge is 2.17. The second kappa shape index (κ2) is 7.06. The molecule has 1 aromatic rings. The van der Waals surface area contributed by atoms with Crippen LogP contribution in [0.25, 0.3) is 0 Å². The molecule has 0 saturated carbocycles. The predicted molar refractivity (Wildman–Crippen MR) is 82.2 cm³/mol. The monoisotopic (exact) mass is 306 g/mol. The smallest absolute Gasteiger partial charge is 0.326 e. The van der Waals surface area contributed by atoms with Gasteiger partial charge in [0.2, 0.25) is 0 Å². The van der Waals surface area contributed by atoms with Gasteiger partial charge >= 0.3 is 5.97 Å². The topological polar surface area (TPSA) is 98.5 Å². The van der Waals surface area contributed by atoms with Gasteiger partial charge < -0.3 is 15.8 Å². The molecule has 6 nitrogen and oxygen atoms in total. The van der Waals surface area contributed by atoms with E-state index in [1.807, 2.05) is 12.1 Å². The minimum atomic E-state index is -1.02. The summed E-state index contributed by atoms with van der Waals surface area (Å²) in [6, 6.07) is 7.16. The third-order valence-corrected chi connectivity index (χ3v) is 3.12. The van der Waals surface area contributed by atoms with Gasteiger partial charge in [0.1, 0.15) is 6.54 Å². The van der Waals surface area contributed by atoms with Gasteiger partial charge in [-0.3, -0.25) is 14.4 Å². The Morgan fingerprint density at radius 2 is 1.73 bits per heavy atom. The number of rotatable bonds is 5. The van der Waals surface area contributed by atoms with Crippen molar-refractivity contribution in [1.29, 1.82) is 0 Å². The summed E-state index contributed by atoms with van der Waals surface area (Å²) in [5.41, 5.74) is 6.54. The van der Waals surface area contributed by atoms with Crippen molar-refractivity contribution < 1.29 is 19.1 Å². The van der Waals surface area contributed by atoms with Crippen molar-refractivity contribution in [3.63, 3.8) is 0 Å². The summed E-state index contributed by atoms with van der Waals surface area (Å²) in [4.78, 5) is 34.1. The summed E-state index contributed by atoms with van der Waals surface area (Å²) in [7, 11) is 0. The highest BCUT2D eigenvalue weighted by molar-refractivity contribution is 5.96. The first kappa shape index (κ1) is 17.7. The second-order valence-electron chi connectivity index (χ2n) is 6.04. The molecule has 0 spiro atoms. The van der Waals surface area contributed by atoms with Crippen LogP contribution in [-0.2, 0) is 19.7 Å². The first-order chi connectivity index (χ1) is 10.1. The number of ether oxygens (including phenoxy) is 1. The third-order valence-electron chi connectivity index (χ3n) is 3.12. The lowest BCUT2D eigenvalue weighted by Gasteiger charge is -2.19. The number of amides is 2. The molecule has 120 valence electrons. The van der Waals surface area contributed by atoms with Crippen molar-refractivity contribution in [2.75, 3.05) is 6.54 Å². The minimum Gasteiger partial charge on any atom is -0.451 e. The standard InChI is InChI=1S/C16H22N2O4/c1-10(14(17)20)22-13(19)9-18-15(21)11-5-7-12(8-6-11)16(2,3)4/h5-8,10H,9H2,1-4H3,(H2,17,20)(H,18,21)/t10-/m0/s1. The molecule has 0 aliphatic rings. The Balaban J connectivity index is 2.56. The van der Waals surface area contributed by atoms with Crippen molar-refractivity contribution in [2.24, 2.45) is 5.73 Å². The lowest BCUT2D eigenvalue weighted by atomic mass is 9.87. The van der Waals surface area contributed by atoms with Gasteiger partial charge in [-0.25, -0.2) is 0 Å². The molecule has 1 rings (SSSR count). The van der Waals surface area contributed by atoms with Gasteiger partial charge in [0, 0.05) is 5.56 Å². The molecule has 0 unspecified atom stereocenters. The summed E-state index contributed by atoms with van der Waals surface area (Å²) in [6.07, 6.45) is -1.02. The van der Waals surface area contributed by atoms with Gasteiger partial charge in [-0.1, -0.05) is 32.9 Å². The molecule has 2 amide bonds. The molecule has 3 N–H and O–H groups in total. The number of carbonyl (C=O) groups excluding carboxylic acids is 3. The van der Waals surface area contributed by atoms with Gasteiger partial charge in [0.05, 0.1) is 0 Å². The number of hydrogen-bond acceptors (Lipinski definition) is 4. The summed E-state index contributed by atoms with van der Waals surface area (Å²) in [5, 5.41) is 2.44. The molecule has 6 heteroatoms. The van der Waals surface area contributed by atoms with E-state index in [1.165, 1.54) is 6.92 Å². The van der Waals surface area contributed by atoms with Crippen LogP contribution in [0.4, 0.5) is 0 Å². The quantitative estimate of drug-likeness (QED) is 0.797. The van der Waals surface area contributed by atoms with Crippen LogP contribution in [0.3, 0.4) is 0 Å². The first-order valence-electron chi connectivity index (χ1n) is 6.99. The Morgan fingerprint density at radius 3 is 2.18 bits per heavy atom. The third kappa shape index (κ3) is 5.20. The Bertz CT molecular complexity index is 559. The fraction of sp³-hybridized carbons (Fsp3) is 0.438. The summed E-state index contributed by atoms with van der Waals surface area (Å²) in [5.74, 6) is -1.84. The van der Waals surface area contributed by atoms with Gasteiger partial charge in [-0.2, -0.15) is 0 Å². The Hall–Kier alpha value is -2.37. The molecular formula is C16H22N2O4. The van der Waals surface area contributed by atoms with E-state index in [0.717, 1.165) is 5.56 Å². The molecule has 0 radical (unpaired) electrons. The fourth-order valence-electron chi connectivity index (χ4n) is 1.67. The zero-order valence-corrected chi connectivity index (χ0v) is 13.3. The maximum atomic E-state index is 11.9. The van der Waals surface area contributed by atoms with Gasteiger partial charge in [0.15, 0.2) is 6.10 Å². The number of hydrogen-bond donors (Lipinski definition) is 2. The molecule has 22 heavy (non-hydrogen) atoms. The number of nitrogens with one attached hydrogen (secondary N) is 1. The van der Waals surface area contributed by atoms with E-state index in [2.05, 4.69) is 26.1 Å². The normalized spacial score (nSPS) is 12.4. The van der Waals surface area contributed by atoms with Crippen molar-refractivity contribution >= 4 is 17.8 Å². The maximum absolute atomic E-state index is 11.9. The molecule has 0 aliphatic heterocycles. The van der Waals surface area contributed by atoms with Crippen LogP contribution < -0.4 is 11.1 Å². The Morgan fingerprint density at radius 1 is 1.18 bits per heavy atom. The summed E-state index contributed by atoms with van der Waals surface area (Å²) >= 11 is 0. The van der Waals surface area contributed by atoms with E-state index in [1.54, 1.807) is 12.1 Å². The molecule has 0 bridgehead atoms. The van der Waals surface area contributed by atoms with Crippen LogP contribution in [0, 0.1) is 0 Å². The van der Waals surface area contributed by atoms with E-state index >= 15 is 0 Å². The zero-order chi connectivity index (χ0) is 16.9. The summed E-state index contributed by atoms with van der Waals surface area (Å²) in [6.45, 7) is 7.29. The number of primary amides is 1. The van der Waals surface area contributed by atoms with Gasteiger partial charge in [0.25, 0.3) is 11.8 Å². The van der Waals surface area contributed by atoms with Crippen LogP contribution in [-0.4, -0.2) is 30.4 Å². The lowest BCUT2D eigenvalue weighted by Crippen LogP contribution is -2.36. The average Bonchev–Trinajstić information content (AvgIpc) is 2.43. The minimum absolute atomic E-state index is 0.00368. The van der Waals surface area contributed by atoms with Crippen molar-refractivity contribution in [1.82, 2.24) is 5.32 Å². The van der Waals surface area contributed by atoms with Crippen LogP contribution >= 0.6 is 0 Å². The van der Waals surface area contributed by atoms with E-state index in [4.69, 9.17) is 10.5 Å². The molecule has 0 aromatic heterocycles.